The van der Waals surface area contributed by atoms with Gasteiger partial charge in [0.05, 0.1) is 0 Å². The molecule has 0 aliphatic carbocycles. The van der Waals surface area contributed by atoms with Gasteiger partial charge < -0.3 is 4.42 Å². The third kappa shape index (κ3) is 1.86. The zero-order valence-electron chi connectivity index (χ0n) is 8.00. The zero-order valence-corrected chi connectivity index (χ0v) is 8.00. The van der Waals surface area contributed by atoms with Crippen LogP contribution in [0.25, 0.3) is 11.5 Å². The average Bonchev–Trinajstić information content (AvgIpc) is 2.70. The SMILES string of the molecule is CCc1nnc(-c2ccc(F)c(F)c2)o1. The first-order chi connectivity index (χ1) is 7.20. The monoisotopic (exact) mass is 210 g/mol. The van der Waals surface area contributed by atoms with Crippen LogP contribution in [0.4, 0.5) is 8.78 Å². The molecule has 78 valence electrons. The van der Waals surface area contributed by atoms with Crippen molar-refractivity contribution in [3.8, 4) is 11.5 Å². The summed E-state index contributed by atoms with van der Waals surface area (Å²) in [5.41, 5.74) is 0.376. The fraction of sp³-hybridized carbons (Fsp3) is 0.200. The van der Waals surface area contributed by atoms with Crippen LogP contribution in [0.15, 0.2) is 22.6 Å². The predicted octanol–water partition coefficient (Wildman–Crippen LogP) is 2.58. The highest BCUT2D eigenvalue weighted by atomic mass is 19.2. The average molecular weight is 210 g/mol. The summed E-state index contributed by atoms with van der Waals surface area (Å²) in [5.74, 6) is -1.15. The topological polar surface area (TPSA) is 38.9 Å². The Kier molecular flexibility index (Phi) is 2.45. The maximum absolute atomic E-state index is 12.9. The zero-order chi connectivity index (χ0) is 10.8. The van der Waals surface area contributed by atoms with Gasteiger partial charge in [-0.3, -0.25) is 0 Å². The molecule has 0 radical (unpaired) electrons. The summed E-state index contributed by atoms with van der Waals surface area (Å²) in [4.78, 5) is 0. The van der Waals surface area contributed by atoms with Crippen LogP contribution < -0.4 is 0 Å². The van der Waals surface area contributed by atoms with Crippen molar-refractivity contribution in [1.82, 2.24) is 10.2 Å². The maximum Gasteiger partial charge on any atom is 0.247 e. The molecule has 0 amide bonds. The van der Waals surface area contributed by atoms with Crippen LogP contribution in [0.2, 0.25) is 0 Å². The van der Waals surface area contributed by atoms with Gasteiger partial charge in [0.2, 0.25) is 11.8 Å². The minimum absolute atomic E-state index is 0.200. The lowest BCUT2D eigenvalue weighted by atomic mass is 10.2. The molecule has 0 bridgehead atoms. The number of nitrogens with zero attached hydrogens (tertiary/aromatic N) is 2. The van der Waals surface area contributed by atoms with E-state index in [0.717, 1.165) is 12.1 Å². The highest BCUT2D eigenvalue weighted by Crippen LogP contribution is 2.20. The molecule has 1 heterocycles. The molecule has 0 saturated carbocycles. The van der Waals surface area contributed by atoms with Crippen LogP contribution >= 0.6 is 0 Å². The molecule has 0 spiro atoms. The largest absolute Gasteiger partial charge is 0.421 e. The van der Waals surface area contributed by atoms with E-state index >= 15 is 0 Å². The summed E-state index contributed by atoms with van der Waals surface area (Å²) in [6, 6.07) is 3.45. The normalized spacial score (nSPS) is 10.6. The van der Waals surface area contributed by atoms with Crippen LogP contribution in [0, 0.1) is 11.6 Å². The molecule has 1 aromatic carbocycles. The molecule has 5 heteroatoms. The number of aromatic nitrogens is 2. The molecule has 3 nitrogen and oxygen atoms in total. The van der Waals surface area contributed by atoms with Crippen molar-refractivity contribution in [2.75, 3.05) is 0 Å². The van der Waals surface area contributed by atoms with Gasteiger partial charge in [0.15, 0.2) is 11.6 Å². The number of halogens is 2. The van der Waals surface area contributed by atoms with Crippen molar-refractivity contribution in [2.45, 2.75) is 13.3 Å². The summed E-state index contributed by atoms with van der Waals surface area (Å²) in [5, 5.41) is 7.45. The summed E-state index contributed by atoms with van der Waals surface area (Å²) >= 11 is 0. The Bertz CT molecular complexity index is 482. The first-order valence-electron chi connectivity index (χ1n) is 4.48. The van der Waals surface area contributed by atoms with Gasteiger partial charge in [0.1, 0.15) is 0 Å². The molecule has 0 saturated heterocycles. The van der Waals surface area contributed by atoms with Gasteiger partial charge in [-0.1, -0.05) is 6.92 Å². The fourth-order valence-electron chi connectivity index (χ4n) is 1.14. The van der Waals surface area contributed by atoms with Crippen molar-refractivity contribution in [3.05, 3.63) is 35.7 Å². The van der Waals surface area contributed by atoms with Crippen LogP contribution in [0.3, 0.4) is 0 Å². The van der Waals surface area contributed by atoms with E-state index in [4.69, 9.17) is 4.42 Å². The molecule has 0 N–H and O–H groups in total. The van der Waals surface area contributed by atoms with Gasteiger partial charge in [-0.15, -0.1) is 10.2 Å². The molecule has 0 aliphatic rings. The Balaban J connectivity index is 2.40. The summed E-state index contributed by atoms with van der Waals surface area (Å²) in [7, 11) is 0. The quantitative estimate of drug-likeness (QED) is 0.764. The van der Waals surface area contributed by atoms with E-state index in [-0.39, 0.29) is 5.89 Å². The number of hydrogen-bond donors (Lipinski definition) is 0. The Labute approximate surface area is 84.8 Å². The second-order valence-corrected chi connectivity index (χ2v) is 2.98. The first-order valence-corrected chi connectivity index (χ1v) is 4.48. The van der Waals surface area contributed by atoms with E-state index in [1.54, 1.807) is 0 Å². The minimum atomic E-state index is -0.927. The molecule has 0 fully saturated rings. The third-order valence-electron chi connectivity index (χ3n) is 1.94. The van der Waals surface area contributed by atoms with E-state index in [2.05, 4.69) is 10.2 Å². The molecular weight excluding hydrogens is 202 g/mol. The number of benzene rings is 1. The maximum atomic E-state index is 12.9. The number of aryl methyl sites for hydroxylation is 1. The van der Waals surface area contributed by atoms with Crippen molar-refractivity contribution in [1.29, 1.82) is 0 Å². The lowest BCUT2D eigenvalue weighted by Crippen LogP contribution is -1.85. The van der Waals surface area contributed by atoms with Gasteiger partial charge in [0.25, 0.3) is 0 Å². The second kappa shape index (κ2) is 3.76. The van der Waals surface area contributed by atoms with Crippen molar-refractivity contribution in [2.24, 2.45) is 0 Å². The lowest BCUT2D eigenvalue weighted by molar-refractivity contribution is 0.502. The van der Waals surface area contributed by atoms with Crippen molar-refractivity contribution in [3.63, 3.8) is 0 Å². The molecule has 1 aromatic heterocycles. The summed E-state index contributed by atoms with van der Waals surface area (Å²) in [6.07, 6.45) is 0.608. The number of hydrogen-bond acceptors (Lipinski definition) is 3. The first kappa shape index (κ1) is 9.76. The van der Waals surface area contributed by atoms with Gasteiger partial charge >= 0.3 is 0 Å². The lowest BCUT2D eigenvalue weighted by Gasteiger charge is -1.95. The highest BCUT2D eigenvalue weighted by Gasteiger charge is 2.10. The van der Waals surface area contributed by atoms with Crippen LogP contribution in [-0.4, -0.2) is 10.2 Å². The standard InChI is InChI=1S/C10H8F2N2O/c1-2-9-13-14-10(15-9)6-3-4-7(11)8(12)5-6/h3-5H,2H2,1H3. The van der Waals surface area contributed by atoms with Crippen LogP contribution in [0.1, 0.15) is 12.8 Å². The second-order valence-electron chi connectivity index (χ2n) is 2.98. The Hall–Kier alpha value is -1.78. The van der Waals surface area contributed by atoms with E-state index < -0.39 is 11.6 Å². The minimum Gasteiger partial charge on any atom is -0.421 e. The van der Waals surface area contributed by atoms with Gasteiger partial charge in [0, 0.05) is 12.0 Å². The van der Waals surface area contributed by atoms with E-state index in [9.17, 15) is 8.78 Å². The van der Waals surface area contributed by atoms with Gasteiger partial charge in [-0.25, -0.2) is 8.78 Å². The summed E-state index contributed by atoms with van der Waals surface area (Å²) in [6.45, 7) is 1.86. The van der Waals surface area contributed by atoms with Crippen LogP contribution in [0.5, 0.6) is 0 Å². The van der Waals surface area contributed by atoms with Crippen molar-refractivity contribution < 1.29 is 13.2 Å². The highest BCUT2D eigenvalue weighted by molar-refractivity contribution is 5.52. The smallest absolute Gasteiger partial charge is 0.247 e. The molecule has 0 atom stereocenters. The third-order valence-corrected chi connectivity index (χ3v) is 1.94. The van der Waals surface area contributed by atoms with E-state index in [1.165, 1.54) is 6.07 Å². The van der Waals surface area contributed by atoms with E-state index in [1.807, 2.05) is 6.92 Å². The molecular formula is C10H8F2N2O. The molecule has 0 aliphatic heterocycles. The van der Waals surface area contributed by atoms with Gasteiger partial charge in [-0.05, 0) is 18.2 Å². The fourth-order valence-corrected chi connectivity index (χ4v) is 1.14. The molecule has 2 rings (SSSR count). The van der Waals surface area contributed by atoms with Crippen LogP contribution in [-0.2, 0) is 6.42 Å². The molecule has 15 heavy (non-hydrogen) atoms. The van der Waals surface area contributed by atoms with E-state index in [0.29, 0.717) is 17.9 Å². The Morgan fingerprint density at radius 3 is 2.60 bits per heavy atom. The predicted molar refractivity (Wildman–Crippen MR) is 49.0 cm³/mol. The number of rotatable bonds is 2. The van der Waals surface area contributed by atoms with Crippen molar-refractivity contribution >= 4 is 0 Å². The molecule has 0 unspecified atom stereocenters. The summed E-state index contributed by atoms with van der Waals surface area (Å²) < 4.78 is 30.7. The molecule has 2 aromatic rings. The Morgan fingerprint density at radius 2 is 2.00 bits per heavy atom. The Morgan fingerprint density at radius 1 is 1.20 bits per heavy atom. The van der Waals surface area contributed by atoms with Gasteiger partial charge in [-0.2, -0.15) is 0 Å².